The Morgan fingerprint density at radius 2 is 1.62 bits per heavy atom. The van der Waals surface area contributed by atoms with Crippen molar-refractivity contribution in [2.45, 2.75) is 6.54 Å². The van der Waals surface area contributed by atoms with Crippen LogP contribution in [-0.2, 0) is 6.54 Å². The molecule has 0 amide bonds. The minimum atomic E-state index is 0.682. The van der Waals surface area contributed by atoms with Crippen molar-refractivity contribution < 1.29 is 0 Å². The molecule has 0 fully saturated rings. The topological polar surface area (TPSA) is 24.9 Å². The number of para-hydroxylation sites is 2. The van der Waals surface area contributed by atoms with Crippen LogP contribution in [0.25, 0.3) is 20.8 Å². The van der Waals surface area contributed by atoms with Crippen LogP contribution in [0.2, 0.25) is 5.02 Å². The molecule has 0 bridgehead atoms. The molecule has 1 N–H and O–H groups in total. The van der Waals surface area contributed by atoms with Crippen molar-refractivity contribution in [3.05, 3.63) is 83.4 Å². The average molecular weight is 351 g/mol. The van der Waals surface area contributed by atoms with Crippen LogP contribution in [-0.4, -0.2) is 4.98 Å². The molecule has 3 aromatic carbocycles. The number of fused-ring (bicyclic) bond motifs is 1. The molecule has 0 atom stereocenters. The van der Waals surface area contributed by atoms with E-state index in [0.29, 0.717) is 6.54 Å². The van der Waals surface area contributed by atoms with Crippen LogP contribution in [0, 0.1) is 0 Å². The number of nitrogens with zero attached hydrogens (tertiary/aromatic N) is 1. The van der Waals surface area contributed by atoms with E-state index in [2.05, 4.69) is 29.6 Å². The third-order valence-electron chi connectivity index (χ3n) is 3.88. The van der Waals surface area contributed by atoms with Gasteiger partial charge in [-0.1, -0.05) is 54.1 Å². The van der Waals surface area contributed by atoms with Gasteiger partial charge in [0.1, 0.15) is 5.01 Å². The lowest BCUT2D eigenvalue weighted by Crippen LogP contribution is -2.01. The summed E-state index contributed by atoms with van der Waals surface area (Å²) in [5, 5.41) is 5.30. The number of hydrogen-bond acceptors (Lipinski definition) is 3. The van der Waals surface area contributed by atoms with Crippen molar-refractivity contribution in [2.75, 3.05) is 5.32 Å². The average Bonchev–Trinajstić information content (AvgIpc) is 3.05. The number of halogens is 1. The van der Waals surface area contributed by atoms with E-state index < -0.39 is 0 Å². The Kier molecular flexibility index (Phi) is 4.20. The fraction of sp³-hybridized carbons (Fsp3) is 0.0500. The number of hydrogen-bond donors (Lipinski definition) is 1. The van der Waals surface area contributed by atoms with Gasteiger partial charge in [-0.05, 0) is 35.9 Å². The van der Waals surface area contributed by atoms with Crippen LogP contribution >= 0.6 is 22.9 Å². The van der Waals surface area contributed by atoms with Crippen LogP contribution in [0.4, 0.5) is 5.69 Å². The fourth-order valence-corrected chi connectivity index (χ4v) is 3.85. The first kappa shape index (κ1) is 15.2. The summed E-state index contributed by atoms with van der Waals surface area (Å²) in [6, 6.07) is 24.4. The van der Waals surface area contributed by atoms with E-state index in [1.165, 1.54) is 4.70 Å². The summed E-state index contributed by atoms with van der Waals surface area (Å²) in [5.41, 5.74) is 4.30. The summed E-state index contributed by atoms with van der Waals surface area (Å²) in [5.74, 6) is 0. The maximum absolute atomic E-state index is 6.25. The molecule has 0 saturated carbocycles. The molecule has 0 radical (unpaired) electrons. The van der Waals surface area contributed by atoms with Gasteiger partial charge in [0.15, 0.2) is 0 Å². The van der Waals surface area contributed by atoms with Crippen LogP contribution in [0.3, 0.4) is 0 Å². The van der Waals surface area contributed by atoms with Crippen LogP contribution < -0.4 is 5.32 Å². The zero-order chi connectivity index (χ0) is 16.4. The number of nitrogens with one attached hydrogen (secondary N) is 1. The van der Waals surface area contributed by atoms with E-state index >= 15 is 0 Å². The zero-order valence-corrected chi connectivity index (χ0v) is 14.4. The SMILES string of the molecule is Clc1ccccc1CNc1ccccc1-c1nc2ccccc2s1. The summed E-state index contributed by atoms with van der Waals surface area (Å²) in [6.45, 7) is 0.682. The van der Waals surface area contributed by atoms with Crippen molar-refractivity contribution in [3.63, 3.8) is 0 Å². The molecule has 2 nitrogen and oxygen atoms in total. The van der Waals surface area contributed by atoms with Crippen LogP contribution in [0.5, 0.6) is 0 Å². The van der Waals surface area contributed by atoms with Gasteiger partial charge in [-0.15, -0.1) is 11.3 Å². The predicted molar refractivity (Wildman–Crippen MR) is 104 cm³/mol. The molecule has 0 spiro atoms. The number of aromatic nitrogens is 1. The highest BCUT2D eigenvalue weighted by Crippen LogP contribution is 2.34. The molecule has 4 heteroatoms. The van der Waals surface area contributed by atoms with Gasteiger partial charge in [0, 0.05) is 22.8 Å². The van der Waals surface area contributed by atoms with E-state index in [0.717, 1.165) is 32.4 Å². The van der Waals surface area contributed by atoms with Gasteiger partial charge in [0.05, 0.1) is 10.2 Å². The van der Waals surface area contributed by atoms with Gasteiger partial charge in [-0.2, -0.15) is 0 Å². The van der Waals surface area contributed by atoms with Gasteiger partial charge in [0.2, 0.25) is 0 Å². The Morgan fingerprint density at radius 3 is 2.50 bits per heavy atom. The second kappa shape index (κ2) is 6.63. The Bertz CT molecular complexity index is 961. The highest BCUT2D eigenvalue weighted by molar-refractivity contribution is 7.21. The summed E-state index contributed by atoms with van der Waals surface area (Å²) in [7, 11) is 0. The van der Waals surface area contributed by atoms with Crippen molar-refractivity contribution in [2.24, 2.45) is 0 Å². The lowest BCUT2D eigenvalue weighted by atomic mass is 10.1. The van der Waals surface area contributed by atoms with Crippen molar-refractivity contribution >= 4 is 38.8 Å². The molecule has 0 aliphatic rings. The largest absolute Gasteiger partial charge is 0.380 e. The van der Waals surface area contributed by atoms with E-state index in [-0.39, 0.29) is 0 Å². The van der Waals surface area contributed by atoms with Gasteiger partial charge in [-0.3, -0.25) is 0 Å². The highest BCUT2D eigenvalue weighted by atomic mass is 35.5. The molecule has 1 heterocycles. The minimum Gasteiger partial charge on any atom is -0.380 e. The Morgan fingerprint density at radius 1 is 0.875 bits per heavy atom. The third kappa shape index (κ3) is 3.01. The van der Waals surface area contributed by atoms with Crippen molar-refractivity contribution in [3.8, 4) is 10.6 Å². The molecule has 0 unspecified atom stereocenters. The third-order valence-corrected chi connectivity index (χ3v) is 5.32. The van der Waals surface area contributed by atoms with Crippen molar-refractivity contribution in [1.29, 1.82) is 0 Å². The number of benzene rings is 3. The predicted octanol–water partition coefficient (Wildman–Crippen LogP) is 6.23. The standard InChI is InChI=1S/C20H15ClN2S/c21-16-9-3-1-7-14(16)13-22-17-10-4-2-8-15(17)20-23-18-11-5-6-12-19(18)24-20/h1-12,22H,13H2. The fourth-order valence-electron chi connectivity index (χ4n) is 2.64. The second-order valence-corrected chi connectivity index (χ2v) is 6.92. The van der Waals surface area contributed by atoms with Gasteiger partial charge >= 0.3 is 0 Å². The molecular weight excluding hydrogens is 336 g/mol. The highest BCUT2D eigenvalue weighted by Gasteiger charge is 2.10. The Balaban J connectivity index is 1.66. The first-order valence-electron chi connectivity index (χ1n) is 7.73. The molecule has 0 aliphatic heterocycles. The summed E-state index contributed by atoms with van der Waals surface area (Å²) in [4.78, 5) is 4.77. The first-order chi connectivity index (χ1) is 11.8. The van der Waals surface area contributed by atoms with E-state index in [1.54, 1.807) is 11.3 Å². The molecule has 4 rings (SSSR count). The number of rotatable bonds is 4. The van der Waals surface area contributed by atoms with Crippen LogP contribution in [0.15, 0.2) is 72.8 Å². The maximum atomic E-state index is 6.25. The Hall–Kier alpha value is -2.36. The van der Waals surface area contributed by atoms with E-state index in [4.69, 9.17) is 16.6 Å². The smallest absolute Gasteiger partial charge is 0.126 e. The normalized spacial score (nSPS) is 10.9. The second-order valence-electron chi connectivity index (χ2n) is 5.48. The lowest BCUT2D eigenvalue weighted by Gasteiger charge is -2.11. The molecule has 0 saturated heterocycles. The minimum absolute atomic E-state index is 0.682. The molecule has 4 aromatic rings. The molecule has 1 aromatic heterocycles. The molecule has 0 aliphatic carbocycles. The molecule has 118 valence electrons. The quantitative estimate of drug-likeness (QED) is 0.472. The summed E-state index contributed by atoms with van der Waals surface area (Å²) < 4.78 is 1.20. The lowest BCUT2D eigenvalue weighted by molar-refractivity contribution is 1.15. The number of anilines is 1. The summed E-state index contributed by atoms with van der Waals surface area (Å²) in [6.07, 6.45) is 0. The van der Waals surface area contributed by atoms with Gasteiger partial charge < -0.3 is 5.32 Å². The summed E-state index contributed by atoms with van der Waals surface area (Å²) >= 11 is 7.96. The Labute approximate surface area is 149 Å². The molecular formula is C20H15ClN2S. The zero-order valence-electron chi connectivity index (χ0n) is 12.9. The van der Waals surface area contributed by atoms with E-state index in [1.807, 2.05) is 48.5 Å². The monoisotopic (exact) mass is 350 g/mol. The van der Waals surface area contributed by atoms with Gasteiger partial charge in [0.25, 0.3) is 0 Å². The van der Waals surface area contributed by atoms with Crippen LogP contribution in [0.1, 0.15) is 5.56 Å². The van der Waals surface area contributed by atoms with Crippen molar-refractivity contribution in [1.82, 2.24) is 4.98 Å². The number of thiazole rings is 1. The molecule has 24 heavy (non-hydrogen) atoms. The van der Waals surface area contributed by atoms with Gasteiger partial charge in [-0.25, -0.2) is 4.98 Å². The first-order valence-corrected chi connectivity index (χ1v) is 8.93. The van der Waals surface area contributed by atoms with E-state index in [9.17, 15) is 0 Å². The maximum Gasteiger partial charge on any atom is 0.126 e.